The van der Waals surface area contributed by atoms with Gasteiger partial charge in [-0.3, -0.25) is 14.6 Å². The molecule has 2 bridgehead atoms. The van der Waals surface area contributed by atoms with Crippen LogP contribution >= 0.6 is 0 Å². The van der Waals surface area contributed by atoms with Gasteiger partial charge in [-0.25, -0.2) is 4.79 Å². The van der Waals surface area contributed by atoms with E-state index in [1.807, 2.05) is 6.07 Å². The van der Waals surface area contributed by atoms with Gasteiger partial charge in [0.2, 0.25) is 5.91 Å². The molecule has 0 unspecified atom stereocenters. The molecule has 9 heteroatoms. The quantitative estimate of drug-likeness (QED) is 0.713. The van der Waals surface area contributed by atoms with Gasteiger partial charge in [-0.15, -0.1) is 0 Å². The first-order chi connectivity index (χ1) is 16.4. The van der Waals surface area contributed by atoms with Gasteiger partial charge in [0, 0.05) is 62.9 Å². The van der Waals surface area contributed by atoms with E-state index in [9.17, 15) is 19.5 Å². The van der Waals surface area contributed by atoms with Crippen LogP contribution in [0.1, 0.15) is 37.4 Å². The highest BCUT2D eigenvalue weighted by Gasteiger charge is 2.58. The van der Waals surface area contributed by atoms with E-state index < -0.39 is 23.9 Å². The molecule has 2 aromatic rings. The van der Waals surface area contributed by atoms with Crippen LogP contribution in [0.25, 0.3) is 11.1 Å². The molecule has 2 N–H and O–H groups in total. The van der Waals surface area contributed by atoms with Crippen molar-refractivity contribution < 1.29 is 14.7 Å². The highest BCUT2D eigenvalue weighted by atomic mass is 16.3. The molecule has 0 aromatic carbocycles. The Bertz CT molecular complexity index is 1140. The second-order valence-electron chi connectivity index (χ2n) is 9.78. The first-order valence-corrected chi connectivity index (χ1v) is 12.0. The van der Waals surface area contributed by atoms with Crippen LogP contribution in [0.2, 0.25) is 0 Å². The van der Waals surface area contributed by atoms with Crippen molar-refractivity contribution in [3.05, 3.63) is 52.7 Å². The number of fused-ring (bicyclic) bond motifs is 4. The van der Waals surface area contributed by atoms with Crippen LogP contribution in [-0.4, -0.2) is 69.2 Å². The van der Waals surface area contributed by atoms with Crippen LogP contribution < -0.4 is 10.9 Å². The summed E-state index contributed by atoms with van der Waals surface area (Å²) in [5, 5.41) is 13.5. The van der Waals surface area contributed by atoms with E-state index in [4.69, 9.17) is 0 Å². The molecule has 180 valence electrons. The third kappa shape index (κ3) is 3.58. The van der Waals surface area contributed by atoms with Gasteiger partial charge < -0.3 is 24.8 Å². The molecule has 1 saturated heterocycles. The lowest BCUT2D eigenvalue weighted by molar-refractivity contribution is -0.135. The Morgan fingerprint density at radius 1 is 1.15 bits per heavy atom. The van der Waals surface area contributed by atoms with Crippen LogP contribution in [0.15, 0.2) is 41.5 Å². The first-order valence-electron chi connectivity index (χ1n) is 12.0. The maximum atomic E-state index is 13.6. The molecule has 4 atom stereocenters. The van der Waals surface area contributed by atoms with Crippen molar-refractivity contribution in [1.82, 2.24) is 24.7 Å². The summed E-state index contributed by atoms with van der Waals surface area (Å²) in [4.78, 5) is 47.7. The van der Waals surface area contributed by atoms with Crippen LogP contribution in [0.3, 0.4) is 0 Å². The van der Waals surface area contributed by atoms with E-state index in [1.165, 1.54) is 4.90 Å². The molecule has 2 fully saturated rings. The van der Waals surface area contributed by atoms with Gasteiger partial charge >= 0.3 is 6.03 Å². The molecule has 2 aliphatic heterocycles. The van der Waals surface area contributed by atoms with E-state index in [1.54, 1.807) is 54.2 Å². The van der Waals surface area contributed by atoms with E-state index in [0.29, 0.717) is 11.3 Å². The monoisotopic (exact) mass is 465 g/mol. The minimum absolute atomic E-state index is 0.126. The molecule has 0 radical (unpaired) electrons. The summed E-state index contributed by atoms with van der Waals surface area (Å²) in [5.41, 5.74) is 1.79. The molecule has 0 spiro atoms. The molecule has 1 aliphatic carbocycles. The summed E-state index contributed by atoms with van der Waals surface area (Å²) in [6.45, 7) is 0.00266. The fraction of sp³-hybridized carbons (Fsp3) is 0.520. The molecule has 34 heavy (non-hydrogen) atoms. The molecular formula is C25H31N5O4. The van der Waals surface area contributed by atoms with Gasteiger partial charge in [-0.2, -0.15) is 0 Å². The summed E-state index contributed by atoms with van der Waals surface area (Å²) >= 11 is 0. The minimum Gasteiger partial charge on any atom is -0.396 e. The number of carbonyl (C=O) groups excluding carboxylic acids is 2. The Kier molecular flexibility index (Phi) is 5.89. The SMILES string of the molecule is CN(C)C(=O)[C@H]1[C@H](CO)[C@H]2Cn3c(ccc(-c4ccncc4)c3=O)[C@@H]1N2C(=O)NC1CCCC1. The predicted molar refractivity (Wildman–Crippen MR) is 126 cm³/mol. The van der Waals surface area contributed by atoms with Crippen LogP contribution in [-0.2, 0) is 11.3 Å². The number of pyridine rings is 2. The summed E-state index contributed by atoms with van der Waals surface area (Å²) in [6, 6.07) is 6.03. The van der Waals surface area contributed by atoms with Crippen molar-refractivity contribution in [2.45, 2.75) is 50.4 Å². The number of hydrogen-bond donors (Lipinski definition) is 2. The average molecular weight is 466 g/mol. The molecular weight excluding hydrogens is 434 g/mol. The van der Waals surface area contributed by atoms with Crippen molar-refractivity contribution in [3.8, 4) is 11.1 Å². The molecule has 5 rings (SSSR count). The van der Waals surface area contributed by atoms with Crippen molar-refractivity contribution in [2.24, 2.45) is 11.8 Å². The van der Waals surface area contributed by atoms with E-state index in [0.717, 1.165) is 31.2 Å². The summed E-state index contributed by atoms with van der Waals surface area (Å²) < 4.78 is 1.69. The maximum Gasteiger partial charge on any atom is 0.318 e. The number of urea groups is 1. The van der Waals surface area contributed by atoms with E-state index in [-0.39, 0.29) is 36.7 Å². The van der Waals surface area contributed by atoms with Crippen LogP contribution in [0, 0.1) is 11.8 Å². The first kappa shape index (κ1) is 22.6. The van der Waals surface area contributed by atoms with Crippen molar-refractivity contribution in [3.63, 3.8) is 0 Å². The number of aromatic nitrogens is 2. The van der Waals surface area contributed by atoms with Crippen molar-refractivity contribution >= 4 is 11.9 Å². The molecule has 4 heterocycles. The molecule has 3 amide bonds. The lowest BCUT2D eigenvalue weighted by atomic mass is 9.86. The Morgan fingerprint density at radius 2 is 1.85 bits per heavy atom. The second kappa shape index (κ2) is 8.87. The number of hydrogen-bond acceptors (Lipinski definition) is 5. The van der Waals surface area contributed by atoms with Gasteiger partial charge in [-0.1, -0.05) is 12.8 Å². The summed E-state index contributed by atoms with van der Waals surface area (Å²) in [6.07, 6.45) is 7.37. The number of nitrogens with zero attached hydrogens (tertiary/aromatic N) is 4. The number of nitrogens with one attached hydrogen (secondary N) is 1. The number of aliphatic hydroxyl groups excluding tert-OH is 1. The van der Waals surface area contributed by atoms with Gasteiger partial charge in [0.05, 0.1) is 18.0 Å². The zero-order chi connectivity index (χ0) is 24.0. The Hall–Kier alpha value is -3.20. The summed E-state index contributed by atoms with van der Waals surface area (Å²) in [5.74, 6) is -1.23. The lowest BCUT2D eigenvalue weighted by Crippen LogP contribution is -2.53. The zero-order valence-corrected chi connectivity index (χ0v) is 19.6. The lowest BCUT2D eigenvalue weighted by Gasteiger charge is -2.39. The molecule has 9 nitrogen and oxygen atoms in total. The van der Waals surface area contributed by atoms with Crippen molar-refractivity contribution in [1.29, 1.82) is 0 Å². The van der Waals surface area contributed by atoms with E-state index in [2.05, 4.69) is 10.3 Å². The van der Waals surface area contributed by atoms with Crippen LogP contribution in [0.4, 0.5) is 4.79 Å². The average Bonchev–Trinajstić information content (AvgIpc) is 3.43. The Labute approximate surface area is 198 Å². The third-order valence-corrected chi connectivity index (χ3v) is 7.68. The largest absolute Gasteiger partial charge is 0.396 e. The van der Waals surface area contributed by atoms with Gasteiger partial charge in [0.15, 0.2) is 0 Å². The van der Waals surface area contributed by atoms with Gasteiger partial charge in [0.1, 0.15) is 0 Å². The fourth-order valence-corrected chi connectivity index (χ4v) is 6.03. The second-order valence-corrected chi connectivity index (χ2v) is 9.78. The highest BCUT2D eigenvalue weighted by Crippen LogP contribution is 2.49. The standard InChI is InChI=1S/C25H31N5O4/c1-28(2)24(33)21-18(14-31)20-13-29-19(8-7-17(23(29)32)15-9-11-26-12-10-15)22(21)30(20)25(34)27-16-5-3-4-6-16/h7-12,16,18,20-22,31H,3-6,13-14H2,1-2H3,(H,27,34)/t18-,20-,21+,22+/m1/s1. The number of carbonyl (C=O) groups is 2. The van der Waals surface area contributed by atoms with Gasteiger partial charge in [-0.05, 0) is 42.7 Å². The zero-order valence-electron chi connectivity index (χ0n) is 19.6. The highest BCUT2D eigenvalue weighted by molar-refractivity contribution is 5.84. The Morgan fingerprint density at radius 3 is 2.50 bits per heavy atom. The third-order valence-electron chi connectivity index (χ3n) is 7.68. The van der Waals surface area contributed by atoms with Crippen molar-refractivity contribution in [2.75, 3.05) is 20.7 Å². The molecule has 3 aliphatic rings. The Balaban J connectivity index is 1.60. The number of amides is 3. The predicted octanol–water partition coefficient (Wildman–Crippen LogP) is 1.61. The van der Waals surface area contributed by atoms with E-state index >= 15 is 0 Å². The number of rotatable bonds is 4. The molecule has 2 aromatic heterocycles. The topological polar surface area (TPSA) is 108 Å². The molecule has 1 saturated carbocycles. The smallest absolute Gasteiger partial charge is 0.318 e. The maximum absolute atomic E-state index is 13.6. The minimum atomic E-state index is -0.626. The van der Waals surface area contributed by atoms with Gasteiger partial charge in [0.25, 0.3) is 5.56 Å². The summed E-state index contributed by atoms with van der Waals surface area (Å²) in [7, 11) is 3.36. The fourth-order valence-electron chi connectivity index (χ4n) is 6.03. The normalized spacial score (nSPS) is 25.8. The van der Waals surface area contributed by atoms with Crippen LogP contribution in [0.5, 0.6) is 0 Å². The number of aliphatic hydroxyl groups is 1.